The minimum Gasteiger partial charge on any atom is -0.313 e. The molecule has 1 heteroatoms. The van der Waals surface area contributed by atoms with E-state index in [9.17, 15) is 0 Å². The van der Waals surface area contributed by atoms with Crippen LogP contribution in [0.5, 0.6) is 0 Å². The molecule has 0 radical (unpaired) electrons. The van der Waals surface area contributed by atoms with Crippen molar-refractivity contribution in [1.29, 1.82) is 0 Å². The molecule has 2 atom stereocenters. The maximum absolute atomic E-state index is 3.93. The van der Waals surface area contributed by atoms with Crippen molar-refractivity contribution in [3.05, 3.63) is 0 Å². The second-order valence-corrected chi connectivity index (χ2v) is 7.96. The van der Waals surface area contributed by atoms with Crippen LogP contribution in [0.2, 0.25) is 0 Å². The fraction of sp³-hybridized carbons (Fsp3) is 1.00. The van der Waals surface area contributed by atoms with Crippen molar-refractivity contribution in [3.63, 3.8) is 0 Å². The average Bonchev–Trinajstić information content (AvgIpc) is 2.63. The topological polar surface area (TPSA) is 12.0 Å². The third-order valence-electron chi connectivity index (χ3n) is 5.83. The molecule has 2 unspecified atom stereocenters. The molecule has 2 aliphatic carbocycles. The predicted octanol–water partition coefficient (Wildman–Crippen LogP) is 5.15. The summed E-state index contributed by atoms with van der Waals surface area (Å²) in [7, 11) is 0. The molecule has 0 aromatic rings. The fourth-order valence-electron chi connectivity index (χ4n) is 4.17. The fourth-order valence-corrected chi connectivity index (χ4v) is 4.17. The van der Waals surface area contributed by atoms with E-state index in [2.05, 4.69) is 26.1 Å². The standard InChI is InChI=1S/C18H35N/c1-15(2)16-8-7-9-17(11-10-16)19-14-18(3)12-5-4-6-13-18/h15-17,19H,4-14H2,1-3H3. The summed E-state index contributed by atoms with van der Waals surface area (Å²) in [4.78, 5) is 0. The molecule has 2 rings (SSSR count). The Morgan fingerprint density at radius 2 is 1.68 bits per heavy atom. The minimum absolute atomic E-state index is 0.599. The highest BCUT2D eigenvalue weighted by molar-refractivity contribution is 4.83. The average molecular weight is 265 g/mol. The molecular formula is C18H35N. The molecule has 0 spiro atoms. The maximum atomic E-state index is 3.93. The van der Waals surface area contributed by atoms with E-state index in [1.54, 1.807) is 0 Å². The van der Waals surface area contributed by atoms with Gasteiger partial charge >= 0.3 is 0 Å². The molecule has 2 fully saturated rings. The Kier molecular flexibility index (Phi) is 5.74. The molecule has 0 aromatic carbocycles. The van der Waals surface area contributed by atoms with Gasteiger partial charge in [-0.25, -0.2) is 0 Å². The van der Waals surface area contributed by atoms with Gasteiger partial charge in [-0.15, -0.1) is 0 Å². The van der Waals surface area contributed by atoms with Gasteiger partial charge in [-0.05, 0) is 49.4 Å². The zero-order valence-corrected chi connectivity index (χ0v) is 13.5. The number of nitrogens with one attached hydrogen (secondary N) is 1. The molecule has 0 saturated heterocycles. The molecule has 0 heterocycles. The Balaban J connectivity index is 1.73. The smallest absolute Gasteiger partial charge is 0.00673 e. The lowest BCUT2D eigenvalue weighted by atomic mass is 9.75. The van der Waals surface area contributed by atoms with Crippen LogP contribution in [0.3, 0.4) is 0 Å². The summed E-state index contributed by atoms with van der Waals surface area (Å²) >= 11 is 0. The van der Waals surface area contributed by atoms with Crippen LogP contribution < -0.4 is 5.32 Å². The van der Waals surface area contributed by atoms with E-state index in [4.69, 9.17) is 0 Å². The lowest BCUT2D eigenvalue weighted by Gasteiger charge is -2.35. The van der Waals surface area contributed by atoms with Crippen molar-refractivity contribution in [1.82, 2.24) is 5.32 Å². The molecular weight excluding hydrogens is 230 g/mol. The minimum atomic E-state index is 0.599. The largest absolute Gasteiger partial charge is 0.313 e. The van der Waals surface area contributed by atoms with Gasteiger partial charge in [0.25, 0.3) is 0 Å². The van der Waals surface area contributed by atoms with E-state index >= 15 is 0 Å². The van der Waals surface area contributed by atoms with Gasteiger partial charge in [-0.1, -0.05) is 52.9 Å². The second-order valence-electron chi connectivity index (χ2n) is 7.96. The monoisotopic (exact) mass is 265 g/mol. The zero-order valence-electron chi connectivity index (χ0n) is 13.5. The highest BCUT2D eigenvalue weighted by atomic mass is 14.9. The SMILES string of the molecule is CC(C)C1CCCC(NCC2(C)CCCCC2)CC1. The van der Waals surface area contributed by atoms with Gasteiger partial charge in [-0.2, -0.15) is 0 Å². The van der Waals surface area contributed by atoms with Gasteiger partial charge in [-0.3, -0.25) is 0 Å². The van der Waals surface area contributed by atoms with Crippen LogP contribution in [0.4, 0.5) is 0 Å². The quantitative estimate of drug-likeness (QED) is 0.693. The summed E-state index contributed by atoms with van der Waals surface area (Å²) in [6.45, 7) is 8.58. The first-order valence-corrected chi connectivity index (χ1v) is 8.82. The van der Waals surface area contributed by atoms with Gasteiger partial charge < -0.3 is 5.32 Å². The van der Waals surface area contributed by atoms with E-state index in [0.29, 0.717) is 5.41 Å². The molecule has 2 saturated carbocycles. The lowest BCUT2D eigenvalue weighted by Crippen LogP contribution is -2.39. The van der Waals surface area contributed by atoms with E-state index in [-0.39, 0.29) is 0 Å². The van der Waals surface area contributed by atoms with Crippen molar-refractivity contribution >= 4 is 0 Å². The van der Waals surface area contributed by atoms with Crippen molar-refractivity contribution < 1.29 is 0 Å². The summed E-state index contributed by atoms with van der Waals surface area (Å²) in [5.74, 6) is 1.87. The van der Waals surface area contributed by atoms with Gasteiger partial charge in [0.05, 0.1) is 0 Å². The number of hydrogen-bond donors (Lipinski definition) is 1. The highest BCUT2D eigenvalue weighted by Gasteiger charge is 2.28. The Labute approximate surface area is 120 Å². The van der Waals surface area contributed by atoms with Gasteiger partial charge in [0.1, 0.15) is 0 Å². The van der Waals surface area contributed by atoms with Crippen LogP contribution in [0, 0.1) is 17.3 Å². The second kappa shape index (κ2) is 7.11. The van der Waals surface area contributed by atoms with Crippen LogP contribution in [0.15, 0.2) is 0 Å². The van der Waals surface area contributed by atoms with Gasteiger partial charge in [0.2, 0.25) is 0 Å². The van der Waals surface area contributed by atoms with Crippen LogP contribution in [-0.4, -0.2) is 12.6 Å². The van der Waals surface area contributed by atoms with Crippen molar-refractivity contribution in [2.24, 2.45) is 17.3 Å². The summed E-state index contributed by atoms with van der Waals surface area (Å²) in [5, 5.41) is 3.93. The third kappa shape index (κ3) is 4.77. The van der Waals surface area contributed by atoms with E-state index in [0.717, 1.165) is 17.9 Å². The van der Waals surface area contributed by atoms with E-state index in [1.165, 1.54) is 70.8 Å². The van der Waals surface area contributed by atoms with Crippen LogP contribution in [0.1, 0.15) is 85.0 Å². The van der Waals surface area contributed by atoms with Crippen LogP contribution >= 0.6 is 0 Å². The first kappa shape index (κ1) is 15.4. The number of rotatable bonds is 4. The Morgan fingerprint density at radius 1 is 0.947 bits per heavy atom. The van der Waals surface area contributed by atoms with E-state index in [1.807, 2.05) is 0 Å². The third-order valence-corrected chi connectivity index (χ3v) is 5.83. The highest BCUT2D eigenvalue weighted by Crippen LogP contribution is 2.35. The Bertz CT molecular complexity index is 252. The molecule has 1 N–H and O–H groups in total. The first-order chi connectivity index (χ1) is 9.09. The lowest BCUT2D eigenvalue weighted by molar-refractivity contribution is 0.197. The van der Waals surface area contributed by atoms with Crippen molar-refractivity contribution in [2.45, 2.75) is 91.0 Å². The van der Waals surface area contributed by atoms with Gasteiger partial charge in [0, 0.05) is 12.6 Å². The summed E-state index contributed by atoms with van der Waals surface area (Å²) in [6, 6.07) is 0.808. The predicted molar refractivity (Wildman–Crippen MR) is 84.4 cm³/mol. The molecule has 0 aromatic heterocycles. The normalized spacial score (nSPS) is 32.2. The zero-order chi connectivity index (χ0) is 13.7. The van der Waals surface area contributed by atoms with Crippen LogP contribution in [-0.2, 0) is 0 Å². The molecule has 1 nitrogen and oxygen atoms in total. The molecule has 112 valence electrons. The Hall–Kier alpha value is -0.0400. The summed E-state index contributed by atoms with van der Waals surface area (Å²) in [5.41, 5.74) is 0.599. The molecule has 19 heavy (non-hydrogen) atoms. The Morgan fingerprint density at radius 3 is 2.37 bits per heavy atom. The molecule has 2 aliphatic rings. The summed E-state index contributed by atoms with van der Waals surface area (Å²) < 4.78 is 0. The number of hydrogen-bond acceptors (Lipinski definition) is 1. The van der Waals surface area contributed by atoms with Crippen molar-refractivity contribution in [2.75, 3.05) is 6.54 Å². The molecule has 0 amide bonds. The van der Waals surface area contributed by atoms with Crippen LogP contribution in [0.25, 0.3) is 0 Å². The molecule has 0 aliphatic heterocycles. The maximum Gasteiger partial charge on any atom is 0.00673 e. The van der Waals surface area contributed by atoms with Crippen molar-refractivity contribution in [3.8, 4) is 0 Å². The first-order valence-electron chi connectivity index (χ1n) is 8.82. The molecule has 0 bridgehead atoms. The van der Waals surface area contributed by atoms with E-state index < -0.39 is 0 Å². The summed E-state index contributed by atoms with van der Waals surface area (Å²) in [6.07, 6.45) is 14.5. The van der Waals surface area contributed by atoms with Gasteiger partial charge in [0.15, 0.2) is 0 Å².